The fourth-order valence-corrected chi connectivity index (χ4v) is 3.33. The molecule has 0 amide bonds. The third kappa shape index (κ3) is 1.12. The van der Waals surface area contributed by atoms with Crippen LogP contribution in [-0.2, 0) is 0 Å². The van der Waals surface area contributed by atoms with Crippen molar-refractivity contribution in [2.24, 2.45) is 0 Å². The van der Waals surface area contributed by atoms with Crippen molar-refractivity contribution in [2.45, 2.75) is 0 Å². The Hall–Kier alpha value is -1.68. The van der Waals surface area contributed by atoms with E-state index in [9.17, 15) is 0 Å². The lowest BCUT2D eigenvalue weighted by Gasteiger charge is -2.19. The minimum Gasteiger partial charge on any atom is -0.356 e. The van der Waals surface area contributed by atoms with Crippen LogP contribution in [0.1, 0.15) is 0 Å². The SMILES string of the molecule is c1cc2c(cn1)[SiH2]c1cnccc1N2. The fraction of sp³-hybridized carbons (Fsp3) is 0. The van der Waals surface area contributed by atoms with Crippen LogP contribution >= 0.6 is 0 Å². The first-order chi connectivity index (χ1) is 6.93. The van der Waals surface area contributed by atoms with Gasteiger partial charge in [-0.05, 0) is 22.5 Å². The monoisotopic (exact) mass is 199 g/mol. The Kier molecular flexibility index (Phi) is 1.60. The van der Waals surface area contributed by atoms with E-state index in [0.29, 0.717) is 0 Å². The van der Waals surface area contributed by atoms with Gasteiger partial charge < -0.3 is 5.32 Å². The molecule has 0 aromatic carbocycles. The largest absolute Gasteiger partial charge is 0.356 e. The number of hydrogen-bond acceptors (Lipinski definition) is 3. The number of nitrogens with zero attached hydrogens (tertiary/aromatic N) is 2. The molecule has 0 radical (unpaired) electrons. The van der Waals surface area contributed by atoms with E-state index in [0.717, 1.165) is 0 Å². The van der Waals surface area contributed by atoms with Gasteiger partial charge in [-0.1, -0.05) is 0 Å². The fourth-order valence-electron chi connectivity index (χ4n) is 1.73. The van der Waals surface area contributed by atoms with Gasteiger partial charge in [0.05, 0.1) is 9.52 Å². The molecule has 0 atom stereocenters. The van der Waals surface area contributed by atoms with Crippen LogP contribution in [0.15, 0.2) is 36.9 Å². The molecule has 68 valence electrons. The van der Waals surface area contributed by atoms with Crippen LogP contribution in [0.3, 0.4) is 0 Å². The molecule has 0 bridgehead atoms. The van der Waals surface area contributed by atoms with Crippen LogP contribution in [0.25, 0.3) is 0 Å². The van der Waals surface area contributed by atoms with E-state index >= 15 is 0 Å². The van der Waals surface area contributed by atoms with Crippen molar-refractivity contribution in [3.8, 4) is 0 Å². The summed E-state index contributed by atoms with van der Waals surface area (Å²) in [6.45, 7) is 0. The molecule has 2 aromatic heterocycles. The first kappa shape index (κ1) is 7.70. The Morgan fingerprint density at radius 2 is 1.50 bits per heavy atom. The highest BCUT2D eigenvalue weighted by molar-refractivity contribution is 6.71. The Bertz CT molecular complexity index is 397. The molecular weight excluding hydrogens is 190 g/mol. The quantitative estimate of drug-likeness (QED) is 0.503. The van der Waals surface area contributed by atoms with Gasteiger partial charge in [-0.25, -0.2) is 0 Å². The van der Waals surface area contributed by atoms with E-state index in [1.807, 2.05) is 36.9 Å². The van der Waals surface area contributed by atoms with E-state index in [1.165, 1.54) is 21.7 Å². The zero-order valence-electron chi connectivity index (χ0n) is 7.57. The summed E-state index contributed by atoms with van der Waals surface area (Å²) in [5, 5.41) is 6.13. The van der Waals surface area contributed by atoms with Gasteiger partial charge in [0.25, 0.3) is 0 Å². The van der Waals surface area contributed by atoms with E-state index in [2.05, 4.69) is 15.3 Å². The second kappa shape index (κ2) is 2.92. The molecule has 3 rings (SSSR count). The van der Waals surface area contributed by atoms with Crippen LogP contribution < -0.4 is 15.7 Å². The molecule has 0 aliphatic carbocycles. The van der Waals surface area contributed by atoms with Crippen molar-refractivity contribution in [1.82, 2.24) is 9.97 Å². The lowest BCUT2D eigenvalue weighted by Crippen LogP contribution is -2.36. The lowest BCUT2D eigenvalue weighted by atomic mass is 10.3. The number of fused-ring (bicyclic) bond motifs is 2. The Balaban J connectivity index is 2.12. The highest BCUT2D eigenvalue weighted by atomic mass is 28.2. The van der Waals surface area contributed by atoms with E-state index in [4.69, 9.17) is 0 Å². The van der Waals surface area contributed by atoms with Crippen LogP contribution in [0.4, 0.5) is 11.4 Å². The average molecular weight is 199 g/mol. The summed E-state index contributed by atoms with van der Waals surface area (Å²) in [5.41, 5.74) is 2.43. The summed E-state index contributed by atoms with van der Waals surface area (Å²) in [6.07, 6.45) is 7.58. The molecule has 1 aliphatic rings. The number of anilines is 2. The molecular formula is C10H9N3Si. The molecule has 1 aliphatic heterocycles. The van der Waals surface area contributed by atoms with Gasteiger partial charge in [0, 0.05) is 36.2 Å². The van der Waals surface area contributed by atoms with Gasteiger partial charge in [-0.2, -0.15) is 0 Å². The Morgan fingerprint density at radius 1 is 0.929 bits per heavy atom. The maximum absolute atomic E-state index is 4.15. The van der Waals surface area contributed by atoms with Crippen LogP contribution in [0.2, 0.25) is 0 Å². The standard InChI is InChI=1S/C10H9N3Si/c1-3-11-5-9-7(1)13-8-2-4-12-6-10(8)14-9/h1-6,13H,14H2. The Labute approximate surface area is 84.0 Å². The topological polar surface area (TPSA) is 37.8 Å². The molecule has 0 saturated heterocycles. The van der Waals surface area contributed by atoms with Crippen LogP contribution in [0.5, 0.6) is 0 Å². The van der Waals surface area contributed by atoms with Gasteiger partial charge in [0.1, 0.15) is 0 Å². The van der Waals surface area contributed by atoms with Crippen molar-refractivity contribution in [1.29, 1.82) is 0 Å². The van der Waals surface area contributed by atoms with Crippen molar-refractivity contribution in [2.75, 3.05) is 5.32 Å². The molecule has 0 saturated carbocycles. The third-order valence-corrected chi connectivity index (χ3v) is 4.35. The summed E-state index contributed by atoms with van der Waals surface area (Å²) in [5.74, 6) is 0. The summed E-state index contributed by atoms with van der Waals surface area (Å²) < 4.78 is 0. The highest BCUT2D eigenvalue weighted by Crippen LogP contribution is 2.14. The van der Waals surface area contributed by atoms with Crippen molar-refractivity contribution >= 4 is 31.3 Å². The van der Waals surface area contributed by atoms with Gasteiger partial charge in [0.15, 0.2) is 0 Å². The molecule has 3 nitrogen and oxygen atoms in total. The molecule has 2 aromatic rings. The lowest BCUT2D eigenvalue weighted by molar-refractivity contribution is 1.32. The van der Waals surface area contributed by atoms with Crippen LogP contribution in [0, 0.1) is 0 Å². The van der Waals surface area contributed by atoms with Gasteiger partial charge in [-0.15, -0.1) is 0 Å². The van der Waals surface area contributed by atoms with Crippen molar-refractivity contribution in [3.05, 3.63) is 36.9 Å². The van der Waals surface area contributed by atoms with Gasteiger partial charge >= 0.3 is 0 Å². The molecule has 4 heteroatoms. The van der Waals surface area contributed by atoms with Gasteiger partial charge in [-0.3, -0.25) is 9.97 Å². The van der Waals surface area contributed by atoms with E-state index in [1.54, 1.807) is 0 Å². The molecule has 0 spiro atoms. The van der Waals surface area contributed by atoms with E-state index in [-0.39, 0.29) is 9.52 Å². The molecule has 1 N–H and O–H groups in total. The normalized spacial score (nSPS) is 12.6. The minimum atomic E-state index is -0.382. The van der Waals surface area contributed by atoms with Crippen LogP contribution in [-0.4, -0.2) is 19.5 Å². The average Bonchev–Trinajstić information content (AvgIpc) is 2.26. The number of nitrogens with one attached hydrogen (secondary N) is 1. The molecule has 3 heterocycles. The number of rotatable bonds is 0. The predicted octanol–water partition coefficient (Wildman–Crippen LogP) is -0.347. The number of pyridine rings is 2. The van der Waals surface area contributed by atoms with Gasteiger partial charge in [0.2, 0.25) is 0 Å². The summed E-state index contributed by atoms with van der Waals surface area (Å²) >= 11 is 0. The number of aromatic nitrogens is 2. The second-order valence-electron chi connectivity index (χ2n) is 3.37. The van der Waals surface area contributed by atoms with Crippen molar-refractivity contribution < 1.29 is 0 Å². The summed E-state index contributed by atoms with van der Waals surface area (Å²) in [4.78, 5) is 8.29. The first-order valence-electron chi connectivity index (χ1n) is 4.56. The molecule has 0 fully saturated rings. The maximum Gasteiger partial charge on any atom is 0.0969 e. The number of hydrogen-bond donors (Lipinski definition) is 1. The smallest absolute Gasteiger partial charge is 0.0969 e. The maximum atomic E-state index is 4.15. The zero-order valence-corrected chi connectivity index (χ0v) is 8.98. The zero-order chi connectivity index (χ0) is 9.38. The van der Waals surface area contributed by atoms with E-state index < -0.39 is 0 Å². The second-order valence-corrected chi connectivity index (χ2v) is 5.24. The predicted molar refractivity (Wildman–Crippen MR) is 59.6 cm³/mol. The molecule has 14 heavy (non-hydrogen) atoms. The first-order valence-corrected chi connectivity index (χ1v) is 5.98. The summed E-state index contributed by atoms with van der Waals surface area (Å²) in [7, 11) is -0.382. The minimum absolute atomic E-state index is 0.382. The third-order valence-electron chi connectivity index (χ3n) is 2.46. The summed E-state index contributed by atoms with van der Waals surface area (Å²) in [6, 6.07) is 4.07. The Morgan fingerprint density at radius 3 is 2.07 bits per heavy atom. The molecule has 0 unspecified atom stereocenters. The van der Waals surface area contributed by atoms with Crippen molar-refractivity contribution in [3.63, 3.8) is 0 Å². The highest BCUT2D eigenvalue weighted by Gasteiger charge is 2.13.